The highest BCUT2D eigenvalue weighted by Gasteiger charge is 2.30. The van der Waals surface area contributed by atoms with Gasteiger partial charge in [0.05, 0.1) is 5.56 Å². The van der Waals surface area contributed by atoms with Crippen LogP contribution in [0.5, 0.6) is 0 Å². The van der Waals surface area contributed by atoms with Crippen LogP contribution < -0.4 is 5.73 Å². The predicted molar refractivity (Wildman–Crippen MR) is 73.3 cm³/mol. The number of benzene rings is 2. The third-order valence-corrected chi connectivity index (χ3v) is 3.37. The molecule has 1 nitrogen and oxygen atoms in total. The van der Waals surface area contributed by atoms with Gasteiger partial charge in [0.2, 0.25) is 0 Å². The molecule has 106 valence electrons. The predicted octanol–water partition coefficient (Wildman–Crippen LogP) is 4.26. The maximum Gasteiger partial charge on any atom is 0.416 e. The highest BCUT2D eigenvalue weighted by atomic mass is 19.4. The van der Waals surface area contributed by atoms with Crippen LogP contribution in [-0.4, -0.2) is 0 Å². The number of hydrogen-bond acceptors (Lipinski definition) is 1. The Kier molecular flexibility index (Phi) is 4.14. The van der Waals surface area contributed by atoms with E-state index in [-0.39, 0.29) is 6.04 Å². The van der Waals surface area contributed by atoms with Crippen LogP contribution in [-0.2, 0) is 12.6 Å². The molecule has 2 aromatic carbocycles. The first kappa shape index (κ1) is 14.6. The van der Waals surface area contributed by atoms with Crippen molar-refractivity contribution in [2.45, 2.75) is 25.6 Å². The molecule has 0 fully saturated rings. The Balaban J connectivity index is 2.14. The number of nitrogens with two attached hydrogens (primary N) is 1. The van der Waals surface area contributed by atoms with Gasteiger partial charge in [0.25, 0.3) is 0 Å². The molecule has 0 spiro atoms. The van der Waals surface area contributed by atoms with Gasteiger partial charge >= 0.3 is 6.18 Å². The van der Waals surface area contributed by atoms with Crippen LogP contribution in [0.1, 0.15) is 28.3 Å². The second-order valence-electron chi connectivity index (χ2n) is 4.86. The van der Waals surface area contributed by atoms with E-state index >= 15 is 0 Å². The second kappa shape index (κ2) is 5.67. The van der Waals surface area contributed by atoms with Gasteiger partial charge in [-0.05, 0) is 42.2 Å². The van der Waals surface area contributed by atoms with Crippen LogP contribution in [0.25, 0.3) is 0 Å². The zero-order chi connectivity index (χ0) is 14.8. The summed E-state index contributed by atoms with van der Waals surface area (Å²) in [5.74, 6) is 0. The quantitative estimate of drug-likeness (QED) is 0.892. The molecule has 20 heavy (non-hydrogen) atoms. The Labute approximate surface area is 116 Å². The fourth-order valence-electron chi connectivity index (χ4n) is 2.11. The summed E-state index contributed by atoms with van der Waals surface area (Å²) < 4.78 is 37.5. The van der Waals surface area contributed by atoms with E-state index < -0.39 is 11.7 Å². The largest absolute Gasteiger partial charge is 0.416 e. The van der Waals surface area contributed by atoms with E-state index in [2.05, 4.69) is 0 Å². The summed E-state index contributed by atoms with van der Waals surface area (Å²) in [7, 11) is 0. The van der Waals surface area contributed by atoms with Crippen molar-refractivity contribution in [3.05, 3.63) is 70.8 Å². The molecular formula is C16H16F3N. The van der Waals surface area contributed by atoms with Gasteiger partial charge in [-0.15, -0.1) is 0 Å². The van der Waals surface area contributed by atoms with Crippen molar-refractivity contribution in [1.29, 1.82) is 0 Å². The van der Waals surface area contributed by atoms with Gasteiger partial charge in [0, 0.05) is 6.04 Å². The first-order chi connectivity index (χ1) is 9.38. The average Bonchev–Trinajstić information content (AvgIpc) is 2.40. The van der Waals surface area contributed by atoms with E-state index in [1.54, 1.807) is 0 Å². The molecule has 2 rings (SSSR count). The van der Waals surface area contributed by atoms with E-state index in [9.17, 15) is 13.2 Å². The molecule has 0 aliphatic carbocycles. The van der Waals surface area contributed by atoms with Gasteiger partial charge < -0.3 is 5.73 Å². The smallest absolute Gasteiger partial charge is 0.324 e. The molecule has 0 aliphatic heterocycles. The van der Waals surface area contributed by atoms with Crippen LogP contribution in [0, 0.1) is 6.92 Å². The highest BCUT2D eigenvalue weighted by molar-refractivity contribution is 5.31. The molecule has 1 unspecified atom stereocenters. The molecule has 0 amide bonds. The molecule has 0 saturated carbocycles. The van der Waals surface area contributed by atoms with Crippen molar-refractivity contribution in [1.82, 2.24) is 0 Å². The lowest BCUT2D eigenvalue weighted by Gasteiger charge is -2.15. The molecule has 0 bridgehead atoms. The monoisotopic (exact) mass is 279 g/mol. The molecule has 2 N–H and O–H groups in total. The molecule has 1 atom stereocenters. The van der Waals surface area contributed by atoms with Crippen molar-refractivity contribution >= 4 is 0 Å². The molecular weight excluding hydrogens is 263 g/mol. The minimum absolute atomic E-state index is 0.307. The number of halogens is 3. The Morgan fingerprint density at radius 3 is 2.15 bits per heavy atom. The summed E-state index contributed by atoms with van der Waals surface area (Å²) in [6, 6.07) is 12.6. The van der Waals surface area contributed by atoms with E-state index in [0.29, 0.717) is 12.0 Å². The van der Waals surface area contributed by atoms with E-state index in [0.717, 1.165) is 23.3 Å². The van der Waals surface area contributed by atoms with Gasteiger partial charge in [0.15, 0.2) is 0 Å². The summed E-state index contributed by atoms with van der Waals surface area (Å²) in [6.45, 7) is 1.99. The minimum atomic E-state index is -4.31. The van der Waals surface area contributed by atoms with E-state index in [4.69, 9.17) is 5.73 Å². The van der Waals surface area contributed by atoms with E-state index in [1.165, 1.54) is 12.1 Å². The number of hydrogen-bond donors (Lipinski definition) is 1. The van der Waals surface area contributed by atoms with Crippen LogP contribution in [0.4, 0.5) is 13.2 Å². The fraction of sp³-hybridized carbons (Fsp3) is 0.250. The molecule has 0 radical (unpaired) electrons. The summed E-state index contributed by atoms with van der Waals surface area (Å²) in [6.07, 6.45) is -3.70. The van der Waals surface area contributed by atoms with Gasteiger partial charge in [-0.1, -0.05) is 36.4 Å². The standard InChI is InChI=1S/C16H16F3N/c1-11-4-2-3-5-13(11)10-15(20)12-6-8-14(9-7-12)16(17,18)19/h2-9,15H,10,20H2,1H3. The number of rotatable bonds is 3. The lowest BCUT2D eigenvalue weighted by atomic mass is 9.96. The number of alkyl halides is 3. The summed E-state index contributed by atoms with van der Waals surface area (Å²) in [5, 5.41) is 0. The average molecular weight is 279 g/mol. The van der Waals surface area contributed by atoms with Crippen molar-refractivity contribution in [3.63, 3.8) is 0 Å². The minimum Gasteiger partial charge on any atom is -0.324 e. The zero-order valence-electron chi connectivity index (χ0n) is 11.1. The van der Waals surface area contributed by atoms with Crippen molar-refractivity contribution in [2.75, 3.05) is 0 Å². The SMILES string of the molecule is Cc1ccccc1CC(N)c1ccc(C(F)(F)F)cc1. The molecule has 2 aromatic rings. The normalized spacial score (nSPS) is 13.2. The summed E-state index contributed by atoms with van der Waals surface area (Å²) in [4.78, 5) is 0. The maximum absolute atomic E-state index is 12.5. The van der Waals surface area contributed by atoms with Gasteiger partial charge in [0.1, 0.15) is 0 Å². The second-order valence-corrected chi connectivity index (χ2v) is 4.86. The van der Waals surface area contributed by atoms with Crippen LogP contribution >= 0.6 is 0 Å². The fourth-order valence-corrected chi connectivity index (χ4v) is 2.11. The van der Waals surface area contributed by atoms with Crippen LogP contribution in [0.3, 0.4) is 0 Å². The molecule has 0 heterocycles. The molecule has 4 heteroatoms. The van der Waals surface area contributed by atoms with Gasteiger partial charge in [-0.25, -0.2) is 0 Å². The van der Waals surface area contributed by atoms with Gasteiger partial charge in [-0.3, -0.25) is 0 Å². The van der Waals surface area contributed by atoms with Crippen molar-refractivity contribution in [2.24, 2.45) is 5.73 Å². The van der Waals surface area contributed by atoms with Gasteiger partial charge in [-0.2, -0.15) is 13.2 Å². The Morgan fingerprint density at radius 1 is 1.00 bits per heavy atom. The summed E-state index contributed by atoms with van der Waals surface area (Å²) >= 11 is 0. The third kappa shape index (κ3) is 3.39. The zero-order valence-corrected chi connectivity index (χ0v) is 11.1. The maximum atomic E-state index is 12.5. The van der Waals surface area contributed by atoms with Crippen molar-refractivity contribution in [3.8, 4) is 0 Å². The topological polar surface area (TPSA) is 26.0 Å². The van der Waals surface area contributed by atoms with Crippen LogP contribution in [0.15, 0.2) is 48.5 Å². The van der Waals surface area contributed by atoms with Crippen molar-refractivity contribution < 1.29 is 13.2 Å². The summed E-state index contributed by atoms with van der Waals surface area (Å²) in [5.41, 5.74) is 8.38. The lowest BCUT2D eigenvalue weighted by Crippen LogP contribution is -2.14. The number of aryl methyl sites for hydroxylation is 1. The Morgan fingerprint density at radius 2 is 1.60 bits per heavy atom. The Bertz CT molecular complexity index is 573. The third-order valence-electron chi connectivity index (χ3n) is 3.37. The Hall–Kier alpha value is -1.81. The molecule has 0 saturated heterocycles. The molecule has 0 aliphatic rings. The lowest BCUT2D eigenvalue weighted by molar-refractivity contribution is -0.137. The first-order valence-corrected chi connectivity index (χ1v) is 6.35. The first-order valence-electron chi connectivity index (χ1n) is 6.35. The highest BCUT2D eigenvalue weighted by Crippen LogP contribution is 2.30. The van der Waals surface area contributed by atoms with Crippen LogP contribution in [0.2, 0.25) is 0 Å². The van der Waals surface area contributed by atoms with E-state index in [1.807, 2.05) is 31.2 Å². The molecule has 0 aromatic heterocycles.